The zero-order valence-corrected chi connectivity index (χ0v) is 9.24. The highest BCUT2D eigenvalue weighted by molar-refractivity contribution is 6.11. The number of nitrogens with one attached hydrogen (secondary N) is 1. The first-order valence-electron chi connectivity index (χ1n) is 5.00. The fraction of sp³-hybridized carbons (Fsp3) is 0.167. The van der Waals surface area contributed by atoms with E-state index in [-0.39, 0.29) is 5.78 Å². The van der Waals surface area contributed by atoms with Crippen molar-refractivity contribution in [3.05, 3.63) is 46.6 Å². The van der Waals surface area contributed by atoms with Gasteiger partial charge in [-0.1, -0.05) is 12.1 Å². The number of benzene rings is 1. The number of carbonyl (C=O) groups is 1. The molecule has 1 aromatic heterocycles. The summed E-state index contributed by atoms with van der Waals surface area (Å²) < 4.78 is 0. The van der Waals surface area contributed by atoms with E-state index in [2.05, 4.69) is 10.2 Å². The Balaban J connectivity index is 2.42. The van der Waals surface area contributed by atoms with E-state index in [0.717, 1.165) is 11.1 Å². The molecule has 2 aromatic rings. The molecule has 0 bridgehead atoms. The third kappa shape index (κ3) is 1.69. The Bertz CT molecular complexity index is 543. The van der Waals surface area contributed by atoms with E-state index in [1.807, 2.05) is 26.0 Å². The van der Waals surface area contributed by atoms with Crippen molar-refractivity contribution in [3.63, 3.8) is 0 Å². The first kappa shape index (κ1) is 10.4. The maximum atomic E-state index is 12.1. The molecule has 0 saturated carbocycles. The lowest BCUT2D eigenvalue weighted by atomic mass is 10.0. The van der Waals surface area contributed by atoms with Gasteiger partial charge in [-0.15, -0.1) is 0 Å². The molecule has 0 amide bonds. The van der Waals surface area contributed by atoms with Crippen molar-refractivity contribution in [3.8, 4) is 0 Å². The third-order valence-electron chi connectivity index (χ3n) is 2.68. The van der Waals surface area contributed by atoms with Gasteiger partial charge in [-0.25, -0.2) is 0 Å². The average Bonchev–Trinajstić information content (AvgIpc) is 2.67. The SMILES string of the molecule is Cc1ccc(C(=O)c2cn[nH]c2N)cc1C. The molecule has 0 saturated heterocycles. The first-order chi connectivity index (χ1) is 7.59. The number of carbonyl (C=O) groups excluding carboxylic acids is 1. The van der Waals surface area contributed by atoms with Crippen LogP contribution in [0.5, 0.6) is 0 Å². The lowest BCUT2D eigenvalue weighted by Crippen LogP contribution is -2.04. The molecule has 2 rings (SSSR count). The summed E-state index contributed by atoms with van der Waals surface area (Å²) in [5, 5.41) is 6.29. The molecule has 0 spiro atoms. The number of hydrogen-bond donors (Lipinski definition) is 2. The van der Waals surface area contributed by atoms with Gasteiger partial charge in [0, 0.05) is 5.56 Å². The molecule has 0 aliphatic carbocycles. The summed E-state index contributed by atoms with van der Waals surface area (Å²) in [6, 6.07) is 5.60. The van der Waals surface area contributed by atoms with Crippen molar-refractivity contribution in [2.75, 3.05) is 5.73 Å². The standard InChI is InChI=1S/C12H13N3O/c1-7-3-4-9(5-8(7)2)11(16)10-6-14-15-12(10)13/h3-6H,1-2H3,(H3,13,14,15). The minimum absolute atomic E-state index is 0.102. The van der Waals surface area contributed by atoms with E-state index >= 15 is 0 Å². The largest absolute Gasteiger partial charge is 0.383 e. The molecule has 0 unspecified atom stereocenters. The fourth-order valence-electron chi connectivity index (χ4n) is 1.52. The van der Waals surface area contributed by atoms with Crippen molar-refractivity contribution in [1.82, 2.24) is 10.2 Å². The molecule has 1 heterocycles. The third-order valence-corrected chi connectivity index (χ3v) is 2.68. The number of rotatable bonds is 2. The highest BCUT2D eigenvalue weighted by Crippen LogP contribution is 2.16. The smallest absolute Gasteiger partial charge is 0.198 e. The fourth-order valence-corrected chi connectivity index (χ4v) is 1.52. The second-order valence-electron chi connectivity index (χ2n) is 3.83. The molecule has 3 N–H and O–H groups in total. The van der Waals surface area contributed by atoms with Crippen LogP contribution in [0.4, 0.5) is 5.82 Å². The van der Waals surface area contributed by atoms with Gasteiger partial charge in [0.05, 0.1) is 11.8 Å². The van der Waals surface area contributed by atoms with E-state index in [1.165, 1.54) is 6.20 Å². The molecule has 4 heteroatoms. The van der Waals surface area contributed by atoms with Crippen LogP contribution in [0.15, 0.2) is 24.4 Å². The van der Waals surface area contributed by atoms with Crippen molar-refractivity contribution in [2.45, 2.75) is 13.8 Å². The van der Waals surface area contributed by atoms with Gasteiger partial charge >= 0.3 is 0 Å². The summed E-state index contributed by atoms with van der Waals surface area (Å²) in [7, 11) is 0. The van der Waals surface area contributed by atoms with Gasteiger partial charge in [-0.2, -0.15) is 5.10 Å². The highest BCUT2D eigenvalue weighted by atomic mass is 16.1. The summed E-state index contributed by atoms with van der Waals surface area (Å²) in [5.74, 6) is 0.206. The number of aromatic amines is 1. The Kier molecular flexibility index (Phi) is 2.48. The zero-order valence-electron chi connectivity index (χ0n) is 9.24. The number of anilines is 1. The van der Waals surface area contributed by atoms with Crippen LogP contribution in [-0.2, 0) is 0 Å². The number of H-pyrrole nitrogens is 1. The molecular weight excluding hydrogens is 202 g/mol. The zero-order chi connectivity index (χ0) is 11.7. The molecule has 0 aliphatic rings. The molecule has 1 aromatic carbocycles. The topological polar surface area (TPSA) is 71.8 Å². The number of aromatic nitrogens is 2. The monoisotopic (exact) mass is 215 g/mol. The van der Waals surface area contributed by atoms with E-state index in [0.29, 0.717) is 16.9 Å². The lowest BCUT2D eigenvalue weighted by Gasteiger charge is -2.03. The first-order valence-corrected chi connectivity index (χ1v) is 5.00. The van der Waals surface area contributed by atoms with Crippen LogP contribution in [0.25, 0.3) is 0 Å². The van der Waals surface area contributed by atoms with Gasteiger partial charge in [0.15, 0.2) is 5.78 Å². The van der Waals surface area contributed by atoms with E-state index < -0.39 is 0 Å². The molecule has 0 atom stereocenters. The highest BCUT2D eigenvalue weighted by Gasteiger charge is 2.14. The molecule has 82 valence electrons. The van der Waals surface area contributed by atoms with Gasteiger partial charge in [-0.05, 0) is 31.0 Å². The van der Waals surface area contributed by atoms with E-state index in [1.54, 1.807) is 6.07 Å². The van der Waals surface area contributed by atoms with Crippen LogP contribution in [0, 0.1) is 13.8 Å². The van der Waals surface area contributed by atoms with Crippen LogP contribution >= 0.6 is 0 Å². The van der Waals surface area contributed by atoms with Crippen LogP contribution in [-0.4, -0.2) is 16.0 Å². The van der Waals surface area contributed by atoms with Crippen molar-refractivity contribution < 1.29 is 4.79 Å². The quantitative estimate of drug-likeness (QED) is 0.751. The Hall–Kier alpha value is -2.10. The Labute approximate surface area is 93.5 Å². The predicted molar refractivity (Wildman–Crippen MR) is 62.3 cm³/mol. The molecule has 0 radical (unpaired) electrons. The number of ketones is 1. The van der Waals surface area contributed by atoms with Gasteiger partial charge in [0.25, 0.3) is 0 Å². The maximum absolute atomic E-state index is 12.1. The summed E-state index contributed by atoms with van der Waals surface area (Å²) in [6.07, 6.45) is 1.45. The minimum Gasteiger partial charge on any atom is -0.383 e. The van der Waals surface area contributed by atoms with Gasteiger partial charge in [0.1, 0.15) is 5.82 Å². The van der Waals surface area contributed by atoms with Crippen molar-refractivity contribution in [2.24, 2.45) is 0 Å². The van der Waals surface area contributed by atoms with Crippen LogP contribution < -0.4 is 5.73 Å². The Morgan fingerprint density at radius 1 is 1.31 bits per heavy atom. The van der Waals surface area contributed by atoms with Gasteiger partial charge in [0.2, 0.25) is 0 Å². The lowest BCUT2D eigenvalue weighted by molar-refractivity contribution is 0.103. The van der Waals surface area contributed by atoms with Crippen LogP contribution in [0.1, 0.15) is 27.0 Å². The number of nitrogen functional groups attached to an aromatic ring is 1. The van der Waals surface area contributed by atoms with Gasteiger partial charge in [-0.3, -0.25) is 9.89 Å². The minimum atomic E-state index is -0.102. The van der Waals surface area contributed by atoms with E-state index in [9.17, 15) is 4.79 Å². The van der Waals surface area contributed by atoms with Crippen molar-refractivity contribution >= 4 is 11.6 Å². The number of nitrogens with two attached hydrogens (primary N) is 1. The van der Waals surface area contributed by atoms with Crippen molar-refractivity contribution in [1.29, 1.82) is 0 Å². The van der Waals surface area contributed by atoms with E-state index in [4.69, 9.17) is 5.73 Å². The summed E-state index contributed by atoms with van der Waals surface area (Å²) in [4.78, 5) is 12.1. The predicted octanol–water partition coefficient (Wildman–Crippen LogP) is 1.84. The molecule has 4 nitrogen and oxygen atoms in total. The molecule has 0 aliphatic heterocycles. The Morgan fingerprint density at radius 2 is 2.06 bits per heavy atom. The van der Waals surface area contributed by atoms with Gasteiger partial charge < -0.3 is 5.73 Å². The Morgan fingerprint density at radius 3 is 2.62 bits per heavy atom. The second-order valence-corrected chi connectivity index (χ2v) is 3.83. The average molecular weight is 215 g/mol. The molecule has 0 fully saturated rings. The maximum Gasteiger partial charge on any atom is 0.198 e. The molecular formula is C12H13N3O. The summed E-state index contributed by atoms with van der Waals surface area (Å²) in [5.41, 5.74) is 8.92. The number of aryl methyl sites for hydroxylation is 2. The van der Waals surface area contributed by atoms with Crippen LogP contribution in [0.3, 0.4) is 0 Å². The number of hydrogen-bond acceptors (Lipinski definition) is 3. The molecule has 16 heavy (non-hydrogen) atoms. The number of nitrogens with zero attached hydrogens (tertiary/aromatic N) is 1. The van der Waals surface area contributed by atoms with Crippen LogP contribution in [0.2, 0.25) is 0 Å². The summed E-state index contributed by atoms with van der Waals surface area (Å²) >= 11 is 0. The second kappa shape index (κ2) is 3.81. The normalized spacial score (nSPS) is 10.4. The summed E-state index contributed by atoms with van der Waals surface area (Å²) in [6.45, 7) is 3.99.